The largest absolute Gasteiger partial charge is 0.324 e. The van der Waals surface area contributed by atoms with Gasteiger partial charge in [-0.2, -0.15) is 0 Å². The monoisotopic (exact) mass is 226 g/mol. The number of rotatable bonds is 3. The van der Waals surface area contributed by atoms with E-state index in [1.54, 1.807) is 0 Å². The predicted molar refractivity (Wildman–Crippen MR) is 70.6 cm³/mol. The van der Waals surface area contributed by atoms with Crippen molar-refractivity contribution in [3.05, 3.63) is 42.2 Å². The average molecular weight is 226 g/mol. The number of nitrogens with two attached hydrogens (primary N) is 1. The fourth-order valence-electron chi connectivity index (χ4n) is 2.65. The lowest BCUT2D eigenvalue weighted by atomic mass is 9.79. The summed E-state index contributed by atoms with van der Waals surface area (Å²) >= 11 is 0. The third-order valence-corrected chi connectivity index (χ3v) is 3.91. The first kappa shape index (κ1) is 10.7. The van der Waals surface area contributed by atoms with Crippen LogP contribution in [0.5, 0.6) is 0 Å². The van der Waals surface area contributed by atoms with Gasteiger partial charge >= 0.3 is 0 Å². The van der Waals surface area contributed by atoms with Crippen molar-refractivity contribution in [2.24, 2.45) is 11.7 Å². The van der Waals surface area contributed by atoms with E-state index in [4.69, 9.17) is 5.73 Å². The van der Waals surface area contributed by atoms with Crippen molar-refractivity contribution in [1.82, 2.24) is 4.98 Å². The molecule has 1 aromatic heterocycles. The van der Waals surface area contributed by atoms with E-state index in [0.717, 1.165) is 12.3 Å². The summed E-state index contributed by atoms with van der Waals surface area (Å²) in [5.74, 6) is 0.837. The molecule has 1 aromatic carbocycles. The molecule has 1 saturated carbocycles. The van der Waals surface area contributed by atoms with Crippen LogP contribution in [0, 0.1) is 5.92 Å². The van der Waals surface area contributed by atoms with Gasteiger partial charge in [0.05, 0.1) is 0 Å². The number of hydrogen-bond donors (Lipinski definition) is 1. The van der Waals surface area contributed by atoms with Crippen LogP contribution in [-0.4, -0.2) is 4.98 Å². The standard InChI is InChI=1S/C15H18N2/c16-15(8-11-4-3-5-11)14-10-17-9-12-6-1-2-7-13(12)14/h1-2,6-7,9-11,15H,3-5,8,16H2. The third-order valence-electron chi connectivity index (χ3n) is 3.91. The molecule has 1 fully saturated rings. The third kappa shape index (κ3) is 2.05. The second kappa shape index (κ2) is 4.46. The van der Waals surface area contributed by atoms with E-state index >= 15 is 0 Å². The zero-order chi connectivity index (χ0) is 11.7. The lowest BCUT2D eigenvalue weighted by Gasteiger charge is -2.28. The Bertz CT molecular complexity index is 512. The molecule has 2 heteroatoms. The number of benzene rings is 1. The van der Waals surface area contributed by atoms with Crippen LogP contribution in [0.25, 0.3) is 10.8 Å². The van der Waals surface area contributed by atoms with E-state index in [-0.39, 0.29) is 6.04 Å². The maximum Gasteiger partial charge on any atom is 0.0346 e. The summed E-state index contributed by atoms with van der Waals surface area (Å²) in [6.45, 7) is 0. The normalized spacial score (nSPS) is 17.9. The maximum absolute atomic E-state index is 6.33. The van der Waals surface area contributed by atoms with Crippen LogP contribution in [0.2, 0.25) is 0 Å². The fraction of sp³-hybridized carbons (Fsp3) is 0.400. The van der Waals surface area contributed by atoms with Gasteiger partial charge in [-0.05, 0) is 23.3 Å². The first-order valence-electron chi connectivity index (χ1n) is 6.43. The number of nitrogens with zero attached hydrogens (tertiary/aromatic N) is 1. The van der Waals surface area contributed by atoms with Crippen LogP contribution in [0.3, 0.4) is 0 Å². The van der Waals surface area contributed by atoms with Crippen LogP contribution in [0.4, 0.5) is 0 Å². The molecule has 2 N–H and O–H groups in total. The second-order valence-corrected chi connectivity index (χ2v) is 5.09. The lowest BCUT2D eigenvalue weighted by Crippen LogP contribution is -2.20. The number of fused-ring (bicyclic) bond motifs is 1. The molecule has 3 rings (SSSR count). The summed E-state index contributed by atoms with van der Waals surface area (Å²) in [5, 5.41) is 2.45. The summed E-state index contributed by atoms with van der Waals surface area (Å²) in [4.78, 5) is 4.31. The highest BCUT2D eigenvalue weighted by Gasteiger charge is 2.21. The molecule has 2 nitrogen and oxygen atoms in total. The highest BCUT2D eigenvalue weighted by atomic mass is 14.7. The van der Waals surface area contributed by atoms with E-state index in [2.05, 4.69) is 23.2 Å². The minimum atomic E-state index is 0.138. The average Bonchev–Trinajstić information content (AvgIpc) is 2.33. The quantitative estimate of drug-likeness (QED) is 0.870. The van der Waals surface area contributed by atoms with E-state index in [0.29, 0.717) is 0 Å². The summed E-state index contributed by atoms with van der Waals surface area (Å²) in [6.07, 6.45) is 9.04. The number of pyridine rings is 1. The topological polar surface area (TPSA) is 38.9 Å². The van der Waals surface area contributed by atoms with Gasteiger partial charge < -0.3 is 5.73 Å². The Morgan fingerprint density at radius 1 is 1.24 bits per heavy atom. The molecule has 0 bridgehead atoms. The van der Waals surface area contributed by atoms with Crippen LogP contribution >= 0.6 is 0 Å². The molecule has 0 spiro atoms. The molecule has 0 saturated heterocycles. The van der Waals surface area contributed by atoms with Crippen molar-refractivity contribution in [2.45, 2.75) is 31.7 Å². The van der Waals surface area contributed by atoms with Gasteiger partial charge in [-0.3, -0.25) is 4.98 Å². The minimum absolute atomic E-state index is 0.138. The first-order valence-corrected chi connectivity index (χ1v) is 6.43. The first-order chi connectivity index (χ1) is 8.34. The SMILES string of the molecule is NC(CC1CCC1)c1cncc2ccccc12. The summed E-state index contributed by atoms with van der Waals surface area (Å²) in [5.41, 5.74) is 7.54. The van der Waals surface area contributed by atoms with Gasteiger partial charge in [0.1, 0.15) is 0 Å². The number of hydrogen-bond acceptors (Lipinski definition) is 2. The van der Waals surface area contributed by atoms with Crippen molar-refractivity contribution in [1.29, 1.82) is 0 Å². The molecule has 1 aliphatic rings. The Morgan fingerprint density at radius 2 is 2.06 bits per heavy atom. The second-order valence-electron chi connectivity index (χ2n) is 5.09. The molecule has 1 unspecified atom stereocenters. The minimum Gasteiger partial charge on any atom is -0.324 e. The molecule has 88 valence electrons. The van der Waals surface area contributed by atoms with Crippen LogP contribution in [0.1, 0.15) is 37.3 Å². The molecule has 0 aliphatic heterocycles. The molecule has 1 atom stereocenters. The van der Waals surface area contributed by atoms with Gasteiger partial charge in [-0.1, -0.05) is 43.5 Å². The summed E-state index contributed by atoms with van der Waals surface area (Å²) in [6, 6.07) is 8.50. The Labute approximate surface area is 102 Å². The molecule has 1 heterocycles. The van der Waals surface area contributed by atoms with Crippen molar-refractivity contribution >= 4 is 10.8 Å². The molecule has 0 radical (unpaired) electrons. The van der Waals surface area contributed by atoms with Gasteiger partial charge in [0, 0.05) is 23.8 Å². The molecular formula is C15H18N2. The Balaban J connectivity index is 1.92. The summed E-state index contributed by atoms with van der Waals surface area (Å²) < 4.78 is 0. The van der Waals surface area contributed by atoms with Crippen LogP contribution in [0.15, 0.2) is 36.7 Å². The molecule has 0 amide bonds. The van der Waals surface area contributed by atoms with E-state index in [9.17, 15) is 0 Å². The van der Waals surface area contributed by atoms with Gasteiger partial charge in [-0.25, -0.2) is 0 Å². The Kier molecular flexibility index (Phi) is 2.81. The number of aromatic nitrogens is 1. The van der Waals surface area contributed by atoms with Gasteiger partial charge in [0.15, 0.2) is 0 Å². The van der Waals surface area contributed by atoms with Gasteiger partial charge in [0.25, 0.3) is 0 Å². The van der Waals surface area contributed by atoms with Gasteiger partial charge in [0.2, 0.25) is 0 Å². The lowest BCUT2D eigenvalue weighted by molar-refractivity contribution is 0.277. The molecule has 2 aromatic rings. The van der Waals surface area contributed by atoms with E-state index < -0.39 is 0 Å². The van der Waals surface area contributed by atoms with Crippen LogP contribution < -0.4 is 5.73 Å². The maximum atomic E-state index is 6.33. The molecule has 17 heavy (non-hydrogen) atoms. The fourth-order valence-corrected chi connectivity index (χ4v) is 2.65. The van der Waals surface area contributed by atoms with Crippen LogP contribution in [-0.2, 0) is 0 Å². The van der Waals surface area contributed by atoms with Gasteiger partial charge in [-0.15, -0.1) is 0 Å². The molecule has 1 aliphatic carbocycles. The highest BCUT2D eigenvalue weighted by Crippen LogP contribution is 2.35. The van der Waals surface area contributed by atoms with E-state index in [1.807, 2.05) is 18.5 Å². The van der Waals surface area contributed by atoms with Crippen molar-refractivity contribution in [2.75, 3.05) is 0 Å². The zero-order valence-electron chi connectivity index (χ0n) is 9.97. The molecular weight excluding hydrogens is 208 g/mol. The Morgan fingerprint density at radius 3 is 2.82 bits per heavy atom. The van der Waals surface area contributed by atoms with Crippen molar-refractivity contribution in [3.63, 3.8) is 0 Å². The zero-order valence-corrected chi connectivity index (χ0v) is 9.97. The van der Waals surface area contributed by atoms with Crippen molar-refractivity contribution < 1.29 is 0 Å². The predicted octanol–water partition coefficient (Wildman–Crippen LogP) is 3.42. The summed E-state index contributed by atoms with van der Waals surface area (Å²) in [7, 11) is 0. The van der Waals surface area contributed by atoms with E-state index in [1.165, 1.54) is 35.6 Å². The smallest absolute Gasteiger partial charge is 0.0346 e. The van der Waals surface area contributed by atoms with Crippen molar-refractivity contribution in [3.8, 4) is 0 Å². The highest BCUT2D eigenvalue weighted by molar-refractivity contribution is 5.85. The Hall–Kier alpha value is -1.41.